The number of hydrogen-bond acceptors (Lipinski definition) is 1. The second kappa shape index (κ2) is 5.61. The standard InChI is InChI=1S/C15H22IN2/c1-11(17(3)4)10-13-12-8-6-7-9-14(12)18(5)15(13)16-2/h6-9,11H,10H2,1-5H3/q-1/t11-/m1/s1. The maximum absolute atomic E-state index is 2.40. The first-order chi connectivity index (χ1) is 8.56. The number of alkyl halides is 1. The van der Waals surface area contributed by atoms with Gasteiger partial charge < -0.3 is 0 Å². The van der Waals surface area contributed by atoms with Gasteiger partial charge in [0, 0.05) is 0 Å². The van der Waals surface area contributed by atoms with Crippen LogP contribution in [0.25, 0.3) is 10.9 Å². The summed E-state index contributed by atoms with van der Waals surface area (Å²) in [5, 5.41) is 1.45. The minimum atomic E-state index is 0.110. The van der Waals surface area contributed by atoms with Crippen molar-refractivity contribution in [1.82, 2.24) is 9.47 Å². The summed E-state index contributed by atoms with van der Waals surface area (Å²) >= 11 is 0.110. The number of nitrogens with zero attached hydrogens (tertiary/aromatic N) is 2. The van der Waals surface area contributed by atoms with Gasteiger partial charge in [-0.3, -0.25) is 0 Å². The molecule has 0 N–H and O–H groups in total. The van der Waals surface area contributed by atoms with Gasteiger partial charge in [-0.15, -0.1) is 0 Å². The van der Waals surface area contributed by atoms with E-state index < -0.39 is 0 Å². The van der Waals surface area contributed by atoms with E-state index in [0.29, 0.717) is 6.04 Å². The van der Waals surface area contributed by atoms with Crippen molar-refractivity contribution in [3.8, 4) is 0 Å². The number of rotatable bonds is 4. The average Bonchev–Trinajstić information content (AvgIpc) is 2.63. The second-order valence-corrected chi connectivity index (χ2v) is 7.15. The zero-order valence-corrected chi connectivity index (χ0v) is 14.0. The average molecular weight is 357 g/mol. The van der Waals surface area contributed by atoms with E-state index in [0.717, 1.165) is 6.42 Å². The van der Waals surface area contributed by atoms with Gasteiger partial charge in [0.2, 0.25) is 0 Å². The fourth-order valence-electron chi connectivity index (χ4n) is 2.35. The molecule has 100 valence electrons. The number of likely N-dealkylation sites (N-methyl/N-ethyl adjacent to an activating group) is 1. The molecule has 1 aromatic heterocycles. The molecule has 0 radical (unpaired) electrons. The SMILES string of the molecule is C[I-]c1c(C[C@@H](C)N(C)C)c2ccccc2n1C. The molecule has 18 heavy (non-hydrogen) atoms. The third-order valence-electron chi connectivity index (χ3n) is 3.69. The van der Waals surface area contributed by atoms with Crippen molar-refractivity contribution < 1.29 is 21.2 Å². The van der Waals surface area contributed by atoms with Gasteiger partial charge >= 0.3 is 121 Å². The van der Waals surface area contributed by atoms with Crippen LogP contribution in [0.15, 0.2) is 24.3 Å². The zero-order valence-electron chi connectivity index (χ0n) is 11.9. The predicted molar refractivity (Wildman–Crippen MR) is 74.4 cm³/mol. The second-order valence-electron chi connectivity index (χ2n) is 5.05. The summed E-state index contributed by atoms with van der Waals surface area (Å²) < 4.78 is 3.99. The number of aromatic nitrogens is 1. The van der Waals surface area contributed by atoms with Gasteiger partial charge in [-0.05, 0) is 0 Å². The van der Waals surface area contributed by atoms with Gasteiger partial charge in [0.25, 0.3) is 0 Å². The molecule has 1 heterocycles. The Labute approximate surface area is 120 Å². The fourth-order valence-corrected chi connectivity index (χ4v) is 4.50. The first-order valence-electron chi connectivity index (χ1n) is 6.28. The molecule has 2 nitrogen and oxygen atoms in total. The number of halogens is 1. The zero-order chi connectivity index (χ0) is 13.3. The van der Waals surface area contributed by atoms with E-state index in [4.69, 9.17) is 0 Å². The summed E-state index contributed by atoms with van der Waals surface area (Å²) in [4.78, 5) is 4.66. The number of aryl methyl sites for hydroxylation is 1. The normalized spacial score (nSPS) is 13.7. The molecule has 1 atom stereocenters. The Bertz CT molecular complexity index is 543. The summed E-state index contributed by atoms with van der Waals surface area (Å²) in [7, 11) is 6.54. The van der Waals surface area contributed by atoms with Crippen molar-refractivity contribution in [1.29, 1.82) is 0 Å². The van der Waals surface area contributed by atoms with Crippen molar-refractivity contribution >= 4 is 10.9 Å². The van der Waals surface area contributed by atoms with Gasteiger partial charge in [0.1, 0.15) is 0 Å². The quantitative estimate of drug-likeness (QED) is 0.532. The first-order valence-corrected chi connectivity index (χ1v) is 9.52. The van der Waals surface area contributed by atoms with E-state index in [1.807, 2.05) is 0 Å². The summed E-state index contributed by atoms with van der Waals surface area (Å²) in [6, 6.07) is 9.39. The fraction of sp³-hybridized carbons (Fsp3) is 0.467. The van der Waals surface area contributed by atoms with Crippen LogP contribution in [0.5, 0.6) is 0 Å². The number of para-hydroxylation sites is 1. The molecule has 2 aromatic rings. The first kappa shape index (κ1) is 13.9. The van der Waals surface area contributed by atoms with Gasteiger partial charge in [-0.1, -0.05) is 0 Å². The summed E-state index contributed by atoms with van der Waals surface area (Å²) in [5.74, 6) is 0. The van der Waals surface area contributed by atoms with Crippen molar-refractivity contribution in [3.63, 3.8) is 0 Å². The molecule has 0 saturated carbocycles. The molecule has 0 aliphatic rings. The van der Waals surface area contributed by atoms with Crippen LogP contribution in [0.2, 0.25) is 0 Å². The molecular weight excluding hydrogens is 335 g/mol. The van der Waals surface area contributed by atoms with Crippen LogP contribution in [0.1, 0.15) is 12.5 Å². The van der Waals surface area contributed by atoms with Crippen molar-refractivity contribution in [2.24, 2.45) is 7.05 Å². The molecular formula is C15H22IN2-. The third-order valence-corrected chi connectivity index (χ3v) is 6.09. The molecule has 3 heteroatoms. The Morgan fingerprint density at radius 2 is 1.94 bits per heavy atom. The van der Waals surface area contributed by atoms with Gasteiger partial charge in [-0.2, -0.15) is 0 Å². The Kier molecular flexibility index (Phi) is 4.33. The predicted octanol–water partition coefficient (Wildman–Crippen LogP) is -0.441. The van der Waals surface area contributed by atoms with Crippen LogP contribution in [0.3, 0.4) is 0 Å². The molecule has 2 rings (SSSR count). The Hall–Kier alpha value is -0.550. The summed E-state index contributed by atoms with van der Waals surface area (Å²) in [6.07, 6.45) is 1.15. The van der Waals surface area contributed by atoms with Crippen LogP contribution in [-0.4, -0.2) is 34.5 Å². The Balaban J connectivity index is 2.54. The minimum absolute atomic E-state index is 0.110. The van der Waals surface area contributed by atoms with Crippen molar-refractivity contribution in [2.75, 3.05) is 19.0 Å². The number of benzene rings is 1. The van der Waals surface area contributed by atoms with Crippen LogP contribution < -0.4 is 21.2 Å². The Morgan fingerprint density at radius 3 is 2.56 bits per heavy atom. The van der Waals surface area contributed by atoms with Gasteiger partial charge in [0.05, 0.1) is 0 Å². The van der Waals surface area contributed by atoms with Crippen molar-refractivity contribution in [2.45, 2.75) is 19.4 Å². The maximum atomic E-state index is 2.40. The number of fused-ring (bicyclic) bond motifs is 1. The number of hydrogen-bond donors (Lipinski definition) is 0. The molecule has 0 amide bonds. The third kappa shape index (κ3) is 2.43. The molecule has 0 fully saturated rings. The molecule has 0 aliphatic heterocycles. The van der Waals surface area contributed by atoms with E-state index in [1.165, 1.54) is 10.9 Å². The van der Waals surface area contributed by atoms with Gasteiger partial charge in [0.15, 0.2) is 0 Å². The molecule has 1 aromatic carbocycles. The van der Waals surface area contributed by atoms with E-state index >= 15 is 0 Å². The monoisotopic (exact) mass is 357 g/mol. The van der Waals surface area contributed by atoms with Gasteiger partial charge in [-0.25, -0.2) is 0 Å². The molecule has 0 bridgehead atoms. The van der Waals surface area contributed by atoms with E-state index in [9.17, 15) is 0 Å². The van der Waals surface area contributed by atoms with Crippen LogP contribution in [-0.2, 0) is 13.5 Å². The van der Waals surface area contributed by atoms with E-state index in [2.05, 4.69) is 66.7 Å². The molecule has 0 aliphatic carbocycles. The Morgan fingerprint density at radius 1 is 1.28 bits per heavy atom. The van der Waals surface area contributed by atoms with Crippen molar-refractivity contribution in [3.05, 3.63) is 33.5 Å². The summed E-state index contributed by atoms with van der Waals surface area (Å²) in [5.41, 5.74) is 2.96. The van der Waals surface area contributed by atoms with Crippen LogP contribution in [0, 0.1) is 3.70 Å². The van der Waals surface area contributed by atoms with E-state index in [-0.39, 0.29) is 21.2 Å². The molecule has 0 unspecified atom stereocenters. The van der Waals surface area contributed by atoms with Crippen LogP contribution >= 0.6 is 0 Å². The summed E-state index contributed by atoms with van der Waals surface area (Å²) in [6.45, 7) is 2.31. The topological polar surface area (TPSA) is 8.17 Å². The molecule has 0 spiro atoms. The van der Waals surface area contributed by atoms with E-state index in [1.54, 1.807) is 9.26 Å². The molecule has 0 saturated heterocycles. The van der Waals surface area contributed by atoms with Crippen LogP contribution in [0.4, 0.5) is 0 Å².